The van der Waals surface area contributed by atoms with E-state index in [1.54, 1.807) is 12.1 Å². The first-order chi connectivity index (χ1) is 11.6. The van der Waals surface area contributed by atoms with Crippen molar-refractivity contribution in [2.24, 2.45) is 5.10 Å². The summed E-state index contributed by atoms with van der Waals surface area (Å²) in [5, 5.41) is 10.4. The Morgan fingerprint density at radius 3 is 2.33 bits per heavy atom. The third-order valence-electron chi connectivity index (χ3n) is 3.21. The summed E-state index contributed by atoms with van der Waals surface area (Å²) in [6, 6.07) is 13.0. The second kappa shape index (κ2) is 6.82. The molecule has 2 N–H and O–H groups in total. The maximum Gasteiger partial charge on any atom is 0.289 e. The summed E-state index contributed by atoms with van der Waals surface area (Å²) in [6.07, 6.45) is 1.40. The molecule has 0 saturated heterocycles. The molecule has 0 atom stereocenters. The second-order valence-electron chi connectivity index (χ2n) is 4.92. The molecule has 3 aromatic rings. The number of carbonyl (C=O) groups excluding carboxylic acids is 1. The van der Waals surface area contributed by atoms with E-state index in [1.165, 1.54) is 48.7 Å². The van der Waals surface area contributed by atoms with Crippen LogP contribution in [0.25, 0.3) is 11.3 Å². The number of hydrogen-bond donors (Lipinski definition) is 2. The van der Waals surface area contributed by atoms with E-state index < -0.39 is 5.91 Å². The number of rotatable bonds is 4. The summed E-state index contributed by atoms with van der Waals surface area (Å²) in [6.45, 7) is 0. The van der Waals surface area contributed by atoms with Gasteiger partial charge in [-0.2, -0.15) is 10.2 Å². The smallest absolute Gasteiger partial charge is 0.272 e. The minimum Gasteiger partial charge on any atom is -0.272 e. The highest BCUT2D eigenvalue weighted by Gasteiger charge is 2.10. The van der Waals surface area contributed by atoms with Crippen molar-refractivity contribution < 1.29 is 13.6 Å². The van der Waals surface area contributed by atoms with Crippen molar-refractivity contribution in [3.05, 3.63) is 77.5 Å². The van der Waals surface area contributed by atoms with Gasteiger partial charge in [0.2, 0.25) is 0 Å². The summed E-state index contributed by atoms with van der Waals surface area (Å²) in [4.78, 5) is 12.0. The number of amides is 1. The number of nitrogens with one attached hydrogen (secondary N) is 2. The molecule has 1 aromatic heterocycles. The van der Waals surface area contributed by atoms with E-state index in [9.17, 15) is 13.6 Å². The lowest BCUT2D eigenvalue weighted by atomic mass is 10.1. The van der Waals surface area contributed by atoms with Gasteiger partial charge in [-0.25, -0.2) is 14.2 Å². The van der Waals surface area contributed by atoms with E-state index in [1.807, 2.05) is 0 Å². The van der Waals surface area contributed by atoms with Gasteiger partial charge in [0, 0.05) is 5.56 Å². The number of hydrogen-bond acceptors (Lipinski definition) is 3. The summed E-state index contributed by atoms with van der Waals surface area (Å²) in [7, 11) is 0. The Balaban J connectivity index is 1.65. The maximum atomic E-state index is 12.9. The average Bonchev–Trinajstić information content (AvgIpc) is 3.07. The number of hydrazone groups is 1. The van der Waals surface area contributed by atoms with E-state index in [-0.39, 0.29) is 17.3 Å². The van der Waals surface area contributed by atoms with Gasteiger partial charge in [0.25, 0.3) is 5.91 Å². The van der Waals surface area contributed by atoms with E-state index in [0.29, 0.717) is 16.8 Å². The Morgan fingerprint density at radius 1 is 1.04 bits per heavy atom. The molecule has 5 nitrogen and oxygen atoms in total. The van der Waals surface area contributed by atoms with Crippen molar-refractivity contribution in [1.29, 1.82) is 0 Å². The molecular weight excluding hydrogens is 314 g/mol. The van der Waals surface area contributed by atoms with Gasteiger partial charge in [-0.3, -0.25) is 9.89 Å². The first-order valence-corrected chi connectivity index (χ1v) is 7.02. The normalized spacial score (nSPS) is 10.9. The number of carbonyl (C=O) groups is 1. The lowest BCUT2D eigenvalue weighted by Gasteiger charge is -1.96. The Labute approximate surface area is 136 Å². The molecule has 24 heavy (non-hydrogen) atoms. The molecule has 1 heterocycles. The number of aromatic amines is 1. The van der Waals surface area contributed by atoms with Crippen LogP contribution in [0.3, 0.4) is 0 Å². The van der Waals surface area contributed by atoms with Gasteiger partial charge >= 0.3 is 0 Å². The number of H-pyrrole nitrogens is 1. The van der Waals surface area contributed by atoms with E-state index in [4.69, 9.17) is 0 Å². The van der Waals surface area contributed by atoms with Gasteiger partial charge in [0.15, 0.2) is 0 Å². The predicted octanol–water partition coefficient (Wildman–Crippen LogP) is 3.12. The molecule has 0 bridgehead atoms. The molecule has 2 aromatic carbocycles. The Hall–Kier alpha value is -3.35. The van der Waals surface area contributed by atoms with Crippen LogP contribution in [0.4, 0.5) is 8.78 Å². The van der Waals surface area contributed by atoms with Crippen LogP contribution in [0.15, 0.2) is 59.7 Å². The molecule has 0 aliphatic rings. The number of halogens is 2. The molecule has 3 rings (SSSR count). The van der Waals surface area contributed by atoms with Crippen LogP contribution in [0.5, 0.6) is 0 Å². The van der Waals surface area contributed by atoms with Crippen LogP contribution in [0.2, 0.25) is 0 Å². The minimum absolute atomic E-state index is 0.214. The quantitative estimate of drug-likeness (QED) is 0.571. The minimum atomic E-state index is -0.478. The highest BCUT2D eigenvalue weighted by molar-refractivity contribution is 5.94. The molecule has 0 spiro atoms. The molecule has 0 unspecified atom stereocenters. The van der Waals surface area contributed by atoms with Crippen molar-refractivity contribution in [2.45, 2.75) is 0 Å². The molecule has 0 saturated carbocycles. The van der Waals surface area contributed by atoms with Crippen molar-refractivity contribution in [1.82, 2.24) is 15.6 Å². The van der Waals surface area contributed by atoms with Gasteiger partial charge in [0.1, 0.15) is 17.3 Å². The van der Waals surface area contributed by atoms with Crippen LogP contribution in [-0.2, 0) is 0 Å². The average molecular weight is 326 g/mol. The third-order valence-corrected chi connectivity index (χ3v) is 3.21. The molecule has 0 fully saturated rings. The lowest BCUT2D eigenvalue weighted by molar-refractivity contribution is 0.0950. The number of aromatic nitrogens is 2. The van der Waals surface area contributed by atoms with Gasteiger partial charge in [-0.1, -0.05) is 12.1 Å². The fraction of sp³-hybridized carbons (Fsp3) is 0. The highest BCUT2D eigenvalue weighted by atomic mass is 19.1. The summed E-state index contributed by atoms with van der Waals surface area (Å²) in [5.74, 6) is -1.17. The largest absolute Gasteiger partial charge is 0.289 e. The number of benzene rings is 2. The highest BCUT2D eigenvalue weighted by Crippen LogP contribution is 2.17. The third kappa shape index (κ3) is 3.70. The zero-order valence-electron chi connectivity index (χ0n) is 12.3. The van der Waals surface area contributed by atoms with Crippen LogP contribution >= 0.6 is 0 Å². The van der Waals surface area contributed by atoms with Gasteiger partial charge in [-0.05, 0) is 48.0 Å². The van der Waals surface area contributed by atoms with Crippen LogP contribution in [0.1, 0.15) is 16.1 Å². The molecule has 7 heteroatoms. The monoisotopic (exact) mass is 326 g/mol. The maximum absolute atomic E-state index is 12.9. The summed E-state index contributed by atoms with van der Waals surface area (Å²) in [5.41, 5.74) is 4.40. The van der Waals surface area contributed by atoms with E-state index in [0.717, 1.165) is 0 Å². The molecule has 120 valence electrons. The SMILES string of the molecule is O=C(N/N=C\c1ccc(F)cc1)c1cc(-c2ccc(F)cc2)n[nH]1. The van der Waals surface area contributed by atoms with Crippen molar-refractivity contribution in [2.75, 3.05) is 0 Å². The van der Waals surface area contributed by atoms with Crippen molar-refractivity contribution in [3.63, 3.8) is 0 Å². The lowest BCUT2D eigenvalue weighted by Crippen LogP contribution is -2.17. The van der Waals surface area contributed by atoms with Crippen molar-refractivity contribution in [3.8, 4) is 11.3 Å². The van der Waals surface area contributed by atoms with Crippen molar-refractivity contribution >= 4 is 12.1 Å². The standard InChI is InChI=1S/C17H12F2N4O/c18-13-5-1-11(2-6-13)10-20-23-17(24)16-9-15(21-22-16)12-3-7-14(19)8-4-12/h1-10H,(H,21,22)(H,23,24)/b20-10-. The van der Waals surface area contributed by atoms with Gasteiger partial charge in [-0.15, -0.1) is 0 Å². The van der Waals surface area contributed by atoms with E-state index in [2.05, 4.69) is 20.7 Å². The molecule has 0 radical (unpaired) electrons. The number of nitrogens with zero attached hydrogens (tertiary/aromatic N) is 2. The second-order valence-corrected chi connectivity index (χ2v) is 4.92. The Morgan fingerprint density at radius 2 is 1.67 bits per heavy atom. The molecule has 1 amide bonds. The van der Waals surface area contributed by atoms with Gasteiger partial charge in [0.05, 0.1) is 11.9 Å². The zero-order chi connectivity index (χ0) is 16.9. The van der Waals surface area contributed by atoms with Crippen LogP contribution < -0.4 is 5.43 Å². The van der Waals surface area contributed by atoms with E-state index >= 15 is 0 Å². The molecule has 0 aliphatic heterocycles. The topological polar surface area (TPSA) is 70.1 Å². The van der Waals surface area contributed by atoms with Crippen LogP contribution in [-0.4, -0.2) is 22.3 Å². The first kappa shape index (κ1) is 15.5. The Bertz CT molecular complexity index is 870. The summed E-state index contributed by atoms with van der Waals surface area (Å²) < 4.78 is 25.7. The van der Waals surface area contributed by atoms with Crippen LogP contribution in [0, 0.1) is 11.6 Å². The molecule has 0 aliphatic carbocycles. The predicted molar refractivity (Wildman–Crippen MR) is 85.4 cm³/mol. The first-order valence-electron chi connectivity index (χ1n) is 7.02. The fourth-order valence-electron chi connectivity index (χ4n) is 1.98. The molecular formula is C17H12F2N4O. The fourth-order valence-corrected chi connectivity index (χ4v) is 1.98. The van der Waals surface area contributed by atoms with Gasteiger partial charge < -0.3 is 0 Å². The summed E-state index contributed by atoms with van der Waals surface area (Å²) >= 11 is 0. The Kier molecular flexibility index (Phi) is 4.42. The zero-order valence-corrected chi connectivity index (χ0v) is 12.3.